The molecule has 0 spiro atoms. The molecule has 0 saturated carbocycles. The van der Waals surface area contributed by atoms with E-state index in [9.17, 15) is 9.59 Å². The first-order valence-electron chi connectivity index (χ1n) is 8.08. The van der Waals surface area contributed by atoms with Gasteiger partial charge in [-0.05, 0) is 36.4 Å². The summed E-state index contributed by atoms with van der Waals surface area (Å²) in [6.45, 7) is 0.209. The Balaban J connectivity index is 1.71. The fraction of sp³-hybridized carbons (Fsp3) is 0.0476. The molecule has 3 aromatic carbocycles. The van der Waals surface area contributed by atoms with Gasteiger partial charge in [-0.15, -0.1) is 0 Å². The van der Waals surface area contributed by atoms with E-state index in [-0.39, 0.29) is 18.5 Å². The maximum Gasteiger partial charge on any atom is 0.259 e. The molecule has 0 N–H and O–H groups in total. The molecule has 122 valence electrons. The maximum atomic E-state index is 12.9. The van der Waals surface area contributed by atoms with Gasteiger partial charge in [-0.25, -0.2) is 0 Å². The monoisotopic (exact) mass is 328 g/mol. The lowest BCUT2D eigenvalue weighted by Gasteiger charge is -2.19. The van der Waals surface area contributed by atoms with Crippen LogP contribution in [-0.4, -0.2) is 18.5 Å². The average Bonchev–Trinajstić information content (AvgIpc) is 3.08. The number of hydrogen-bond donors (Lipinski definition) is 0. The molecule has 2 amide bonds. The van der Waals surface area contributed by atoms with Crippen molar-refractivity contribution in [2.75, 3.05) is 16.5 Å². The first-order valence-corrected chi connectivity index (χ1v) is 8.08. The predicted molar refractivity (Wildman–Crippen MR) is 97.8 cm³/mol. The second-order valence-electron chi connectivity index (χ2n) is 5.83. The van der Waals surface area contributed by atoms with Gasteiger partial charge in [-0.1, -0.05) is 48.5 Å². The van der Waals surface area contributed by atoms with Gasteiger partial charge >= 0.3 is 0 Å². The molecular formula is C21H16N2O2. The summed E-state index contributed by atoms with van der Waals surface area (Å²) in [5.74, 6) is -0.229. The van der Waals surface area contributed by atoms with Crippen LogP contribution in [0.4, 0.5) is 11.4 Å². The summed E-state index contributed by atoms with van der Waals surface area (Å²) >= 11 is 0. The fourth-order valence-electron chi connectivity index (χ4n) is 3.03. The third-order valence-corrected chi connectivity index (χ3v) is 4.28. The largest absolute Gasteiger partial charge is 0.288 e. The van der Waals surface area contributed by atoms with Crippen molar-refractivity contribution in [1.82, 2.24) is 0 Å². The number of fused-ring (bicyclic) bond motifs is 1. The van der Waals surface area contributed by atoms with Crippen LogP contribution in [-0.2, 0) is 0 Å². The van der Waals surface area contributed by atoms with E-state index in [4.69, 9.17) is 0 Å². The molecule has 0 radical (unpaired) electrons. The van der Waals surface area contributed by atoms with E-state index < -0.39 is 0 Å². The highest BCUT2D eigenvalue weighted by atomic mass is 16.2. The topological polar surface area (TPSA) is 40.6 Å². The number of rotatable bonds is 2. The zero-order valence-corrected chi connectivity index (χ0v) is 13.5. The van der Waals surface area contributed by atoms with E-state index in [1.54, 1.807) is 34.1 Å². The lowest BCUT2D eigenvalue weighted by Crippen LogP contribution is -2.38. The van der Waals surface area contributed by atoms with Crippen molar-refractivity contribution < 1.29 is 9.59 Å². The second-order valence-corrected chi connectivity index (χ2v) is 5.83. The molecule has 0 atom stereocenters. The van der Waals surface area contributed by atoms with Crippen LogP contribution in [0.3, 0.4) is 0 Å². The average molecular weight is 328 g/mol. The van der Waals surface area contributed by atoms with Crippen molar-refractivity contribution in [1.29, 1.82) is 0 Å². The van der Waals surface area contributed by atoms with Gasteiger partial charge in [0.2, 0.25) is 0 Å². The van der Waals surface area contributed by atoms with Crippen LogP contribution in [0.1, 0.15) is 20.7 Å². The van der Waals surface area contributed by atoms with E-state index in [1.807, 2.05) is 60.7 Å². The Bertz CT molecular complexity index is 846. The maximum absolute atomic E-state index is 12.9. The van der Waals surface area contributed by atoms with Crippen molar-refractivity contribution in [3.8, 4) is 0 Å². The number of carbonyl (C=O) groups excluding carboxylic acids is 2. The van der Waals surface area contributed by atoms with Crippen molar-refractivity contribution in [3.05, 3.63) is 96.1 Å². The number of carbonyl (C=O) groups is 2. The molecule has 3 aromatic rings. The van der Waals surface area contributed by atoms with Crippen LogP contribution in [0.5, 0.6) is 0 Å². The van der Waals surface area contributed by atoms with Crippen molar-refractivity contribution >= 4 is 23.2 Å². The summed E-state index contributed by atoms with van der Waals surface area (Å²) in [7, 11) is 0. The minimum Gasteiger partial charge on any atom is -0.288 e. The highest BCUT2D eigenvalue weighted by Gasteiger charge is 2.34. The van der Waals surface area contributed by atoms with Crippen LogP contribution in [0, 0.1) is 0 Å². The summed E-state index contributed by atoms with van der Waals surface area (Å²) in [6, 6.07) is 25.7. The number of amides is 2. The SMILES string of the molecule is O=C(c1ccccc1)N1CN(C(=O)c2ccccc2)c2ccccc21. The summed E-state index contributed by atoms with van der Waals surface area (Å²) in [5, 5.41) is 0. The Labute approximate surface area is 145 Å². The molecule has 1 aliphatic heterocycles. The first kappa shape index (κ1) is 15.1. The number of benzene rings is 3. The van der Waals surface area contributed by atoms with Crippen LogP contribution >= 0.6 is 0 Å². The molecule has 0 aromatic heterocycles. The predicted octanol–water partition coefficient (Wildman–Crippen LogP) is 3.95. The summed E-state index contributed by atoms with van der Waals surface area (Å²) in [4.78, 5) is 29.1. The van der Waals surface area contributed by atoms with Gasteiger partial charge in [-0.3, -0.25) is 19.4 Å². The highest BCUT2D eigenvalue weighted by Crippen LogP contribution is 2.37. The standard InChI is InChI=1S/C21H16N2O2/c24-20(16-9-3-1-4-10-16)22-15-23(19-14-8-7-13-18(19)22)21(25)17-11-5-2-6-12-17/h1-14H,15H2. The zero-order valence-electron chi connectivity index (χ0n) is 13.5. The molecule has 4 heteroatoms. The molecule has 0 fully saturated rings. The number of para-hydroxylation sites is 2. The molecule has 25 heavy (non-hydrogen) atoms. The van der Waals surface area contributed by atoms with Crippen LogP contribution < -0.4 is 9.80 Å². The van der Waals surface area contributed by atoms with Gasteiger partial charge in [-0.2, -0.15) is 0 Å². The Morgan fingerprint density at radius 2 is 0.920 bits per heavy atom. The Morgan fingerprint density at radius 3 is 1.32 bits per heavy atom. The van der Waals surface area contributed by atoms with Gasteiger partial charge in [0.1, 0.15) is 6.67 Å². The molecule has 4 rings (SSSR count). The molecule has 0 saturated heterocycles. The number of anilines is 2. The molecule has 0 aliphatic carbocycles. The second kappa shape index (κ2) is 6.24. The highest BCUT2D eigenvalue weighted by molar-refractivity contribution is 6.16. The summed E-state index contributed by atoms with van der Waals surface area (Å²) in [6.07, 6.45) is 0. The van der Waals surface area contributed by atoms with Crippen molar-refractivity contribution in [2.24, 2.45) is 0 Å². The number of nitrogens with zero attached hydrogens (tertiary/aromatic N) is 2. The quantitative estimate of drug-likeness (QED) is 0.714. The molecule has 1 aliphatic rings. The van der Waals surface area contributed by atoms with E-state index in [1.165, 1.54) is 0 Å². The summed E-state index contributed by atoms with van der Waals surface area (Å²) in [5.41, 5.74) is 2.71. The Morgan fingerprint density at radius 1 is 0.560 bits per heavy atom. The van der Waals surface area contributed by atoms with E-state index >= 15 is 0 Å². The first-order chi connectivity index (χ1) is 12.3. The zero-order chi connectivity index (χ0) is 17.2. The van der Waals surface area contributed by atoms with Crippen molar-refractivity contribution in [3.63, 3.8) is 0 Å². The normalized spacial score (nSPS) is 12.8. The van der Waals surface area contributed by atoms with Gasteiger partial charge in [0, 0.05) is 11.1 Å². The molecular weight excluding hydrogens is 312 g/mol. The van der Waals surface area contributed by atoms with Crippen molar-refractivity contribution in [2.45, 2.75) is 0 Å². The van der Waals surface area contributed by atoms with E-state index in [0.29, 0.717) is 11.1 Å². The third-order valence-electron chi connectivity index (χ3n) is 4.28. The fourth-order valence-corrected chi connectivity index (χ4v) is 3.03. The third kappa shape index (κ3) is 2.68. The summed E-state index contributed by atoms with van der Waals surface area (Å²) < 4.78 is 0. The smallest absolute Gasteiger partial charge is 0.259 e. The van der Waals surface area contributed by atoms with E-state index in [0.717, 1.165) is 11.4 Å². The minimum atomic E-state index is -0.114. The van der Waals surface area contributed by atoms with Gasteiger partial charge in [0.05, 0.1) is 11.4 Å². The molecule has 1 heterocycles. The van der Waals surface area contributed by atoms with Gasteiger partial charge in [0.25, 0.3) is 11.8 Å². The lowest BCUT2D eigenvalue weighted by molar-refractivity contribution is 0.0975. The minimum absolute atomic E-state index is 0.114. The molecule has 0 unspecified atom stereocenters. The van der Waals surface area contributed by atoms with Crippen LogP contribution in [0.15, 0.2) is 84.9 Å². The van der Waals surface area contributed by atoms with Gasteiger partial charge < -0.3 is 0 Å². The molecule has 4 nitrogen and oxygen atoms in total. The number of hydrogen-bond acceptors (Lipinski definition) is 2. The van der Waals surface area contributed by atoms with Crippen LogP contribution in [0.25, 0.3) is 0 Å². The van der Waals surface area contributed by atoms with Crippen LogP contribution in [0.2, 0.25) is 0 Å². The lowest BCUT2D eigenvalue weighted by atomic mass is 10.2. The Kier molecular flexibility index (Phi) is 3.78. The molecule has 0 bridgehead atoms. The Hall–Kier alpha value is -3.40. The van der Waals surface area contributed by atoms with E-state index in [2.05, 4.69) is 0 Å². The van der Waals surface area contributed by atoms with Gasteiger partial charge in [0.15, 0.2) is 0 Å².